The maximum absolute atomic E-state index is 14.5. The first-order chi connectivity index (χ1) is 61.7. The highest BCUT2D eigenvalue weighted by molar-refractivity contribution is 6.33. The highest BCUT2D eigenvalue weighted by Gasteiger charge is 2.28. The molecule has 0 saturated heterocycles. The summed E-state index contributed by atoms with van der Waals surface area (Å²) in [5.74, 6) is -4.38. The van der Waals surface area contributed by atoms with Crippen LogP contribution >= 0.6 is 11.6 Å². The number of benzene rings is 12. The molecule has 0 atom stereocenters. The first kappa shape index (κ1) is 89.4. The van der Waals surface area contributed by atoms with Crippen LogP contribution in [0, 0.1) is 30.6 Å². The van der Waals surface area contributed by atoms with Crippen molar-refractivity contribution in [3.8, 4) is 6.07 Å². The van der Waals surface area contributed by atoms with E-state index in [2.05, 4.69) is 202 Å². The number of nitriles is 1. The van der Waals surface area contributed by atoms with Gasteiger partial charge in [-0.3, -0.25) is 0 Å². The number of carboxylic acids is 4. The van der Waals surface area contributed by atoms with Crippen LogP contribution in [0.2, 0.25) is 5.02 Å². The van der Waals surface area contributed by atoms with Gasteiger partial charge in [0, 0.05) is 29.3 Å². The third-order valence-corrected chi connectivity index (χ3v) is 23.2. The number of allylic oxidation sites excluding steroid dienone is 12. The highest BCUT2D eigenvalue weighted by Crippen LogP contribution is 2.47. The van der Waals surface area contributed by atoms with Gasteiger partial charge in [-0.2, -0.15) is 5.26 Å². The number of hydrogen-bond acceptors (Lipinski definition) is 5. The molecule has 10 nitrogen and oxygen atoms in total. The SMILES string of the molecule is CC/C(=C(\C1=Cc2ccccc2C1)c1ccc(/C=C/C(=O)O)cc1)c1ccccc1C.CC/C(=C(\C1=Cc2ccccc2C1)c1ccc(/C=C/C(=O)O)cc1)c1ccccc1C#N.CC/C(=C(\C1=Cc2ccccc2C1)c1ccc(/C=C/C(=O)O)cc1)c1ccccc1Cl.[C-]#[N+]c1c(F)cccc1/C(CC)=C(/C1=Cc2ccccc2C1)c1ccc(/C=C/C(=O)O)cc1. The number of nitrogens with zero attached hydrogens (tertiary/aromatic N) is 2. The smallest absolute Gasteiger partial charge is 0.328 e. The maximum atomic E-state index is 14.5. The van der Waals surface area contributed by atoms with E-state index in [4.69, 9.17) is 38.6 Å². The molecule has 0 aromatic heterocycles. The van der Waals surface area contributed by atoms with Gasteiger partial charge in [-0.05, 0) is 285 Å². The fourth-order valence-electron chi connectivity index (χ4n) is 17.0. The zero-order valence-corrected chi connectivity index (χ0v) is 72.0. The molecular formula is C115H94ClFN2O8. The molecule has 16 rings (SSSR count). The average Bonchev–Trinajstić information content (AvgIpc) is 1.71. The van der Waals surface area contributed by atoms with Crippen molar-refractivity contribution in [1.29, 1.82) is 5.26 Å². The van der Waals surface area contributed by atoms with E-state index in [0.717, 1.165) is 157 Å². The summed E-state index contributed by atoms with van der Waals surface area (Å²) < 4.78 is 14.5. The van der Waals surface area contributed by atoms with Crippen LogP contribution in [0.4, 0.5) is 10.1 Å². The Morgan fingerprint density at radius 1 is 0.362 bits per heavy atom. The molecule has 0 fully saturated rings. The predicted molar refractivity (Wildman–Crippen MR) is 520 cm³/mol. The zero-order chi connectivity index (χ0) is 89.5. The summed E-state index contributed by atoms with van der Waals surface area (Å²) in [5.41, 5.74) is 37.7. The molecule has 4 N–H and O–H groups in total. The lowest BCUT2D eigenvalue weighted by molar-refractivity contribution is -0.132. The molecule has 4 aliphatic carbocycles. The molecule has 0 saturated carbocycles. The number of para-hydroxylation sites is 1. The monoisotopic (exact) mass is 1680 g/mol. The predicted octanol–water partition coefficient (Wildman–Crippen LogP) is 28.5. The van der Waals surface area contributed by atoms with Crippen molar-refractivity contribution in [2.45, 2.75) is 86.0 Å². The van der Waals surface area contributed by atoms with Crippen molar-refractivity contribution in [3.05, 3.63) is 476 Å². The number of hydrogen-bond donors (Lipinski definition) is 4. The van der Waals surface area contributed by atoms with E-state index in [1.165, 1.54) is 101 Å². The molecule has 0 spiro atoms. The van der Waals surface area contributed by atoms with Gasteiger partial charge in [-0.25, -0.2) is 28.4 Å². The third kappa shape index (κ3) is 22.0. The molecule has 0 heterocycles. The Balaban J connectivity index is 0.000000145. The Morgan fingerprint density at radius 3 is 0.945 bits per heavy atom. The molecule has 626 valence electrons. The lowest BCUT2D eigenvalue weighted by Crippen LogP contribution is -1.99. The number of rotatable bonds is 24. The van der Waals surface area contributed by atoms with Crippen LogP contribution in [-0.2, 0) is 44.9 Å². The Morgan fingerprint density at radius 2 is 0.638 bits per heavy atom. The maximum Gasteiger partial charge on any atom is 0.328 e. The molecule has 12 heteroatoms. The van der Waals surface area contributed by atoms with E-state index in [-0.39, 0.29) is 5.69 Å². The molecule has 12 aromatic rings. The first-order valence-electron chi connectivity index (χ1n) is 42.4. The minimum atomic E-state index is -1.00. The van der Waals surface area contributed by atoms with E-state index >= 15 is 0 Å². The average molecular weight is 1690 g/mol. The summed E-state index contributed by atoms with van der Waals surface area (Å²) in [6.45, 7) is 18.2. The summed E-state index contributed by atoms with van der Waals surface area (Å²) in [6, 6.07) is 96.9. The highest BCUT2D eigenvalue weighted by atomic mass is 35.5. The number of carbonyl (C=O) groups is 4. The van der Waals surface area contributed by atoms with Crippen molar-refractivity contribution in [1.82, 2.24) is 0 Å². The number of carboxylic acid groups (broad SMARTS) is 4. The Hall–Kier alpha value is -15.4. The summed E-state index contributed by atoms with van der Waals surface area (Å²) in [6.07, 6.45) is 26.5. The van der Waals surface area contributed by atoms with Gasteiger partial charge >= 0.3 is 23.9 Å². The third-order valence-electron chi connectivity index (χ3n) is 22.9. The molecule has 0 unspecified atom stereocenters. The largest absolute Gasteiger partial charge is 0.478 e. The Bertz CT molecular complexity index is 6500. The van der Waals surface area contributed by atoms with Crippen molar-refractivity contribution in [2.24, 2.45) is 0 Å². The number of aryl methyl sites for hydroxylation is 1. The van der Waals surface area contributed by atoms with Crippen LogP contribution in [0.5, 0.6) is 0 Å². The quantitative estimate of drug-likeness (QED) is 0.0260. The molecule has 0 bridgehead atoms. The summed E-state index contributed by atoms with van der Waals surface area (Å²) in [4.78, 5) is 46.9. The molecule has 0 aliphatic heterocycles. The van der Waals surface area contributed by atoms with Crippen molar-refractivity contribution < 1.29 is 44.0 Å². The lowest BCUT2D eigenvalue weighted by Gasteiger charge is -2.19. The van der Waals surface area contributed by atoms with Crippen molar-refractivity contribution >= 4 is 134 Å². The van der Waals surface area contributed by atoms with Crippen LogP contribution in [0.25, 0.3) is 98.0 Å². The second-order valence-electron chi connectivity index (χ2n) is 30.9. The molecule has 0 radical (unpaired) electrons. The fourth-order valence-corrected chi connectivity index (χ4v) is 17.3. The number of aliphatic carboxylic acids is 4. The minimum Gasteiger partial charge on any atom is -0.478 e. The van der Waals surface area contributed by atoms with Gasteiger partial charge in [0.15, 0.2) is 0 Å². The summed E-state index contributed by atoms with van der Waals surface area (Å²) >= 11 is 6.60. The Kier molecular flexibility index (Phi) is 30.0. The number of fused-ring (bicyclic) bond motifs is 4. The lowest BCUT2D eigenvalue weighted by atomic mass is 9.85. The molecule has 127 heavy (non-hydrogen) atoms. The van der Waals surface area contributed by atoms with E-state index in [1.807, 2.05) is 140 Å². The van der Waals surface area contributed by atoms with Gasteiger partial charge in [0.2, 0.25) is 5.69 Å². The van der Waals surface area contributed by atoms with Crippen LogP contribution in [0.1, 0.15) is 176 Å². The second-order valence-corrected chi connectivity index (χ2v) is 31.3. The van der Waals surface area contributed by atoms with Gasteiger partial charge in [0.05, 0.1) is 18.2 Å². The van der Waals surface area contributed by atoms with Gasteiger partial charge in [0.25, 0.3) is 0 Å². The fraction of sp³-hybridized carbons (Fsp3) is 0.113. The summed E-state index contributed by atoms with van der Waals surface area (Å²) in [7, 11) is 0. The summed E-state index contributed by atoms with van der Waals surface area (Å²) in [5, 5.41) is 46.0. The topological polar surface area (TPSA) is 177 Å². The normalized spacial score (nSPS) is 13.5. The van der Waals surface area contributed by atoms with Crippen LogP contribution in [0.3, 0.4) is 0 Å². The molecule has 12 aromatic carbocycles. The van der Waals surface area contributed by atoms with E-state index in [1.54, 1.807) is 30.4 Å². The van der Waals surface area contributed by atoms with Crippen LogP contribution in [0.15, 0.2) is 332 Å². The van der Waals surface area contributed by atoms with E-state index in [9.17, 15) is 28.8 Å². The second kappa shape index (κ2) is 42.6. The van der Waals surface area contributed by atoms with Gasteiger partial charge in [0.1, 0.15) is 5.82 Å². The zero-order valence-electron chi connectivity index (χ0n) is 71.3. The van der Waals surface area contributed by atoms with Gasteiger partial charge in [-0.1, -0.05) is 331 Å². The number of halogens is 2. The van der Waals surface area contributed by atoms with Crippen molar-refractivity contribution in [3.63, 3.8) is 0 Å². The van der Waals surface area contributed by atoms with Crippen LogP contribution < -0.4 is 0 Å². The first-order valence-corrected chi connectivity index (χ1v) is 42.7. The minimum absolute atomic E-state index is 0.0315. The van der Waals surface area contributed by atoms with E-state index in [0.29, 0.717) is 17.5 Å². The van der Waals surface area contributed by atoms with E-state index < -0.39 is 29.7 Å². The van der Waals surface area contributed by atoms with Gasteiger partial charge in [-0.15, -0.1) is 0 Å². The molecule has 0 amide bonds. The van der Waals surface area contributed by atoms with Crippen molar-refractivity contribution in [2.75, 3.05) is 0 Å². The Labute approximate surface area is 747 Å². The molecular weight excluding hydrogens is 1590 g/mol. The standard InChI is InChI=1S/C29H22FNO2.C29H23NO2.C29H26O2.C28H23ClO2/c1-3-24(25-9-6-10-26(30)29(25)31-2)28(23-17-21-7-4-5-8-22(21)18-23)20-14-11-19(12-15-20)13-16-27(32)33;1-2-26(27-10-6-5-9-24(27)19-30)29(25-17-22-7-3-4-8-23(22)18-25)21-14-11-20(12-15-21)13-16-28(31)32;1-3-26(27-11-7-4-8-20(27)2)29(25-18-23-9-5-6-10-24(23)19-25)22-15-12-21(13-16-22)14-17-28(30)31;1-2-24(25-9-5-6-10-26(25)29)28(23-17-21-7-3-4-8-22(21)18-23)20-14-11-19(12-15-20)13-16-27(30)31/h4-17H,3,18H2,1H3,(H,32,33);3-17H,2,18H2,1H3,(H,31,32);4-18H,3,19H2,1-2H3,(H,30,31);3-17H,2,18H2,1H3,(H,30,31)/b16-13+,28-24+;16-13+,29-26+;17-14+,29-26+;16-13+,28-24+. The molecule has 4 aliphatic rings. The van der Waals surface area contributed by atoms with Gasteiger partial charge < -0.3 is 20.4 Å². The van der Waals surface area contributed by atoms with Crippen LogP contribution in [-0.4, -0.2) is 44.3 Å².